The zero-order valence-corrected chi connectivity index (χ0v) is 11.7. The average molecular weight is 244 g/mol. The lowest BCUT2D eigenvalue weighted by molar-refractivity contribution is 0.115. The minimum atomic E-state index is 0.211. The second-order valence-corrected chi connectivity index (χ2v) is 8.17. The highest BCUT2D eigenvalue weighted by molar-refractivity contribution is 5.33. The fourth-order valence-corrected chi connectivity index (χ4v) is 7.58. The summed E-state index contributed by atoms with van der Waals surface area (Å²) >= 11 is 0. The number of rotatable bonds is 0. The van der Waals surface area contributed by atoms with Crippen molar-refractivity contribution in [3.63, 3.8) is 0 Å². The molecule has 4 aliphatic carbocycles. The van der Waals surface area contributed by atoms with E-state index in [1.807, 2.05) is 0 Å². The molecule has 4 saturated carbocycles. The van der Waals surface area contributed by atoms with Gasteiger partial charge in [0.1, 0.15) is 0 Å². The fraction of sp³-hybridized carbons (Fsp3) is 1.00. The first-order valence-electron chi connectivity index (χ1n) is 8.06. The Kier molecular flexibility index (Phi) is 1.57. The lowest BCUT2D eigenvalue weighted by Crippen LogP contribution is -2.47. The van der Waals surface area contributed by atoms with E-state index in [9.17, 15) is 0 Å². The summed E-state index contributed by atoms with van der Waals surface area (Å²) in [5.74, 6) is 3.75. The molecule has 98 valence electrons. The van der Waals surface area contributed by atoms with Gasteiger partial charge in [-0.05, 0) is 69.6 Å². The lowest BCUT2D eigenvalue weighted by Gasteiger charge is -2.41. The molecule has 0 amide bonds. The Hall–Kier alpha value is -0.400. The molecule has 18 heavy (non-hydrogen) atoms. The molecule has 2 heteroatoms. The van der Waals surface area contributed by atoms with Gasteiger partial charge in [0, 0.05) is 5.41 Å². The summed E-state index contributed by atoms with van der Waals surface area (Å²) in [5, 5.41) is 9.86. The zero-order chi connectivity index (χ0) is 12.2. The van der Waals surface area contributed by atoms with E-state index >= 15 is 0 Å². The van der Waals surface area contributed by atoms with Crippen molar-refractivity contribution in [2.45, 2.75) is 69.9 Å². The first kappa shape index (κ1) is 10.4. The van der Waals surface area contributed by atoms with Crippen LogP contribution in [-0.4, -0.2) is 11.1 Å². The van der Waals surface area contributed by atoms with E-state index in [1.165, 1.54) is 44.9 Å². The number of hydrogen-bond acceptors (Lipinski definition) is 2. The summed E-state index contributed by atoms with van der Waals surface area (Å²) in [7, 11) is 0. The van der Waals surface area contributed by atoms with Gasteiger partial charge in [-0.25, -0.2) is 0 Å². The summed E-state index contributed by atoms with van der Waals surface area (Å²) in [6, 6.07) is 0. The Bertz CT molecular complexity index is 416. The molecule has 0 aromatic rings. The quantitative estimate of drug-likeness (QED) is 0.610. The number of hydrogen-bond donors (Lipinski definition) is 0. The normalized spacial score (nSPS) is 62.1. The maximum Gasteiger partial charge on any atom is 0.0902 e. The maximum absolute atomic E-state index is 4.93. The van der Waals surface area contributed by atoms with Crippen molar-refractivity contribution >= 4 is 0 Å². The van der Waals surface area contributed by atoms with Crippen molar-refractivity contribution in [1.82, 2.24) is 0 Å². The molecule has 6 atom stereocenters. The smallest absolute Gasteiger partial charge is 0.0902 e. The first-order chi connectivity index (χ1) is 8.62. The molecular formula is C16H24N2. The van der Waals surface area contributed by atoms with Gasteiger partial charge in [0.25, 0.3) is 0 Å². The molecule has 4 fully saturated rings. The van der Waals surface area contributed by atoms with Gasteiger partial charge in [0.05, 0.1) is 11.1 Å². The maximum atomic E-state index is 4.93. The van der Waals surface area contributed by atoms with Gasteiger partial charge in [0.2, 0.25) is 0 Å². The number of nitrogens with zero attached hydrogens (tertiary/aromatic N) is 2. The van der Waals surface area contributed by atoms with Crippen LogP contribution in [0.1, 0.15) is 58.8 Å². The predicted molar refractivity (Wildman–Crippen MR) is 70.4 cm³/mol. The van der Waals surface area contributed by atoms with Crippen molar-refractivity contribution < 1.29 is 0 Å². The standard InChI is InChI=1S/C16H24N2/c1-14-12-10-5-6-11(9-10)13(12)15(2,18-17-14)16(14)7-3-4-8-16/h10-13H,3-9H2,1-2H3/t10-,11+,12+,13-,14+,15-. The van der Waals surface area contributed by atoms with Crippen molar-refractivity contribution in [3.05, 3.63) is 0 Å². The molecule has 0 unspecified atom stereocenters. The van der Waals surface area contributed by atoms with E-state index in [4.69, 9.17) is 10.2 Å². The molecule has 4 bridgehead atoms. The third-order valence-corrected chi connectivity index (χ3v) is 8.07. The van der Waals surface area contributed by atoms with Gasteiger partial charge in [-0.3, -0.25) is 0 Å². The Labute approximate surface area is 110 Å². The molecule has 1 heterocycles. The highest BCUT2D eigenvalue weighted by atomic mass is 15.3. The van der Waals surface area contributed by atoms with Crippen LogP contribution in [0.2, 0.25) is 0 Å². The van der Waals surface area contributed by atoms with Gasteiger partial charge in [-0.2, -0.15) is 10.2 Å². The van der Waals surface area contributed by atoms with Gasteiger partial charge in [-0.1, -0.05) is 12.8 Å². The summed E-state index contributed by atoms with van der Waals surface area (Å²) in [4.78, 5) is 0. The molecule has 0 saturated heterocycles. The van der Waals surface area contributed by atoms with Crippen LogP contribution in [0.15, 0.2) is 10.2 Å². The molecule has 2 nitrogen and oxygen atoms in total. The minimum Gasteiger partial charge on any atom is -0.186 e. The number of azo groups is 1. The molecule has 0 aromatic carbocycles. The molecule has 0 N–H and O–H groups in total. The van der Waals surface area contributed by atoms with Crippen LogP contribution in [0.5, 0.6) is 0 Å². The van der Waals surface area contributed by atoms with Gasteiger partial charge >= 0.3 is 0 Å². The Morgan fingerprint density at radius 3 is 1.83 bits per heavy atom. The Morgan fingerprint density at radius 1 is 0.833 bits per heavy atom. The monoisotopic (exact) mass is 244 g/mol. The third-order valence-electron chi connectivity index (χ3n) is 8.07. The zero-order valence-electron chi connectivity index (χ0n) is 11.7. The van der Waals surface area contributed by atoms with E-state index in [2.05, 4.69) is 13.8 Å². The van der Waals surface area contributed by atoms with Crippen LogP contribution in [0.3, 0.4) is 0 Å². The van der Waals surface area contributed by atoms with Crippen molar-refractivity contribution in [3.8, 4) is 0 Å². The largest absolute Gasteiger partial charge is 0.186 e. The highest BCUT2D eigenvalue weighted by Gasteiger charge is 2.80. The first-order valence-corrected chi connectivity index (χ1v) is 8.06. The molecule has 5 rings (SSSR count). The van der Waals surface area contributed by atoms with Gasteiger partial charge < -0.3 is 0 Å². The molecular weight excluding hydrogens is 220 g/mol. The van der Waals surface area contributed by atoms with Crippen molar-refractivity contribution in [2.24, 2.45) is 39.3 Å². The van der Waals surface area contributed by atoms with Gasteiger partial charge in [0.15, 0.2) is 0 Å². The third kappa shape index (κ3) is 0.750. The molecule has 5 aliphatic rings. The van der Waals surface area contributed by atoms with E-state index in [0.29, 0.717) is 5.41 Å². The average Bonchev–Trinajstić information content (AvgIpc) is 3.10. The summed E-state index contributed by atoms with van der Waals surface area (Å²) in [6.45, 7) is 4.97. The Morgan fingerprint density at radius 2 is 1.33 bits per heavy atom. The van der Waals surface area contributed by atoms with Crippen LogP contribution in [-0.2, 0) is 0 Å². The van der Waals surface area contributed by atoms with Crippen LogP contribution in [0.4, 0.5) is 0 Å². The second kappa shape index (κ2) is 2.71. The molecule has 0 aromatic heterocycles. The van der Waals surface area contributed by atoms with E-state index < -0.39 is 0 Å². The van der Waals surface area contributed by atoms with Crippen LogP contribution >= 0.6 is 0 Å². The predicted octanol–water partition coefficient (Wildman–Crippen LogP) is 4.21. The van der Waals surface area contributed by atoms with Crippen LogP contribution < -0.4 is 0 Å². The number of fused-ring (bicyclic) bond motifs is 7. The van der Waals surface area contributed by atoms with Gasteiger partial charge in [-0.15, -0.1) is 0 Å². The topological polar surface area (TPSA) is 24.7 Å². The molecule has 1 spiro atoms. The SMILES string of the molecule is C[C@]12N=N[C@](C)([C@@H]3[C@H]4CC[C@H](C4)[C@@H]31)C21CCCC1. The summed E-state index contributed by atoms with van der Waals surface area (Å²) in [5.41, 5.74) is 0.877. The molecule has 1 aliphatic heterocycles. The van der Waals surface area contributed by atoms with Crippen molar-refractivity contribution in [2.75, 3.05) is 0 Å². The molecule has 0 radical (unpaired) electrons. The second-order valence-electron chi connectivity index (χ2n) is 8.17. The van der Waals surface area contributed by atoms with E-state index in [-0.39, 0.29) is 11.1 Å². The lowest BCUT2D eigenvalue weighted by atomic mass is 9.62. The van der Waals surface area contributed by atoms with E-state index in [0.717, 1.165) is 23.7 Å². The highest BCUT2D eigenvalue weighted by Crippen LogP contribution is 2.79. The van der Waals surface area contributed by atoms with E-state index in [1.54, 1.807) is 0 Å². The van der Waals surface area contributed by atoms with Crippen LogP contribution in [0.25, 0.3) is 0 Å². The summed E-state index contributed by atoms with van der Waals surface area (Å²) in [6.07, 6.45) is 10.1. The fourth-order valence-electron chi connectivity index (χ4n) is 7.58. The van der Waals surface area contributed by atoms with Crippen LogP contribution in [0, 0.1) is 29.1 Å². The summed E-state index contributed by atoms with van der Waals surface area (Å²) < 4.78 is 0. The van der Waals surface area contributed by atoms with Crippen molar-refractivity contribution in [1.29, 1.82) is 0 Å². The minimum absolute atomic E-state index is 0.211. The Balaban J connectivity index is 1.75.